The van der Waals surface area contributed by atoms with Gasteiger partial charge in [0.05, 0.1) is 16.7 Å². The Labute approximate surface area is 144 Å². The van der Waals surface area contributed by atoms with Crippen molar-refractivity contribution >= 4 is 22.7 Å². The van der Waals surface area contributed by atoms with Gasteiger partial charge in [0.2, 0.25) is 0 Å². The molecule has 1 unspecified atom stereocenters. The fraction of sp³-hybridized carbons (Fsp3) is 0.389. The molecule has 0 bridgehead atoms. The average Bonchev–Trinajstić information content (AvgIpc) is 3.31. The third kappa shape index (κ3) is 2.89. The SMILES string of the molecule is Cc1cc(-c2csc(-c3cccs3)n2)c(C)n1CC1CCCO1. The van der Waals surface area contributed by atoms with Gasteiger partial charge in [-0.1, -0.05) is 6.07 Å². The minimum Gasteiger partial charge on any atom is -0.376 e. The Hall–Kier alpha value is -1.43. The largest absolute Gasteiger partial charge is 0.376 e. The van der Waals surface area contributed by atoms with Crippen molar-refractivity contribution in [3.8, 4) is 21.1 Å². The summed E-state index contributed by atoms with van der Waals surface area (Å²) in [7, 11) is 0. The van der Waals surface area contributed by atoms with Crippen molar-refractivity contribution in [3.63, 3.8) is 0 Å². The third-order valence-electron chi connectivity index (χ3n) is 4.50. The van der Waals surface area contributed by atoms with E-state index in [0.29, 0.717) is 6.10 Å². The van der Waals surface area contributed by atoms with Crippen LogP contribution in [0.4, 0.5) is 0 Å². The molecule has 3 aromatic rings. The molecule has 0 aromatic carbocycles. The molecule has 0 saturated carbocycles. The summed E-state index contributed by atoms with van der Waals surface area (Å²) in [5.41, 5.74) is 4.92. The van der Waals surface area contributed by atoms with E-state index in [2.05, 4.69) is 47.4 Å². The van der Waals surface area contributed by atoms with Crippen molar-refractivity contribution in [2.75, 3.05) is 6.61 Å². The maximum absolute atomic E-state index is 5.80. The number of thiophene rings is 1. The second kappa shape index (κ2) is 6.23. The second-order valence-electron chi connectivity index (χ2n) is 6.05. The van der Waals surface area contributed by atoms with Gasteiger partial charge in [0.15, 0.2) is 0 Å². The van der Waals surface area contributed by atoms with Gasteiger partial charge in [0.25, 0.3) is 0 Å². The van der Waals surface area contributed by atoms with E-state index < -0.39 is 0 Å². The summed E-state index contributed by atoms with van der Waals surface area (Å²) in [5.74, 6) is 0. The highest BCUT2D eigenvalue weighted by molar-refractivity contribution is 7.20. The minimum atomic E-state index is 0.366. The summed E-state index contributed by atoms with van der Waals surface area (Å²) in [6, 6.07) is 6.47. The number of aromatic nitrogens is 2. The van der Waals surface area contributed by atoms with Crippen LogP contribution >= 0.6 is 22.7 Å². The van der Waals surface area contributed by atoms with Crippen LogP contribution in [0.3, 0.4) is 0 Å². The van der Waals surface area contributed by atoms with Crippen molar-refractivity contribution in [3.05, 3.63) is 40.3 Å². The molecule has 0 aliphatic carbocycles. The lowest BCUT2D eigenvalue weighted by Gasteiger charge is -2.14. The summed E-state index contributed by atoms with van der Waals surface area (Å²) in [6.07, 6.45) is 2.73. The molecule has 0 spiro atoms. The Bertz CT molecular complexity index is 795. The van der Waals surface area contributed by atoms with Gasteiger partial charge in [-0.2, -0.15) is 0 Å². The highest BCUT2D eigenvalue weighted by Crippen LogP contribution is 2.34. The van der Waals surface area contributed by atoms with Gasteiger partial charge < -0.3 is 9.30 Å². The van der Waals surface area contributed by atoms with E-state index >= 15 is 0 Å². The Kier molecular flexibility index (Phi) is 4.09. The average molecular weight is 345 g/mol. The normalized spacial score (nSPS) is 17.9. The van der Waals surface area contributed by atoms with E-state index in [0.717, 1.165) is 23.9 Å². The molecule has 0 N–H and O–H groups in total. The highest BCUT2D eigenvalue weighted by Gasteiger charge is 2.20. The highest BCUT2D eigenvalue weighted by atomic mass is 32.1. The first kappa shape index (κ1) is 15.1. The van der Waals surface area contributed by atoms with Crippen LogP contribution in [0, 0.1) is 13.8 Å². The molecule has 5 heteroatoms. The van der Waals surface area contributed by atoms with Gasteiger partial charge in [-0.25, -0.2) is 4.98 Å². The molecule has 4 heterocycles. The Morgan fingerprint density at radius 2 is 2.26 bits per heavy atom. The molecular formula is C18H20N2OS2. The lowest BCUT2D eigenvalue weighted by Crippen LogP contribution is -2.16. The van der Waals surface area contributed by atoms with Gasteiger partial charge in [-0.05, 0) is 44.2 Å². The van der Waals surface area contributed by atoms with Crippen LogP contribution in [0.15, 0.2) is 29.0 Å². The van der Waals surface area contributed by atoms with E-state index in [1.165, 1.54) is 34.7 Å². The number of ether oxygens (including phenoxy) is 1. The zero-order valence-electron chi connectivity index (χ0n) is 13.4. The van der Waals surface area contributed by atoms with E-state index in [1.807, 2.05) is 0 Å². The Balaban J connectivity index is 1.64. The Morgan fingerprint density at radius 1 is 1.35 bits per heavy atom. The summed E-state index contributed by atoms with van der Waals surface area (Å²) in [4.78, 5) is 6.10. The summed E-state index contributed by atoms with van der Waals surface area (Å²) >= 11 is 3.47. The minimum absolute atomic E-state index is 0.366. The third-order valence-corrected chi connectivity index (χ3v) is 6.38. The molecule has 3 aromatic heterocycles. The van der Waals surface area contributed by atoms with Crippen LogP contribution in [0.5, 0.6) is 0 Å². The van der Waals surface area contributed by atoms with Gasteiger partial charge in [-0.3, -0.25) is 0 Å². The van der Waals surface area contributed by atoms with E-state index in [4.69, 9.17) is 9.72 Å². The van der Waals surface area contributed by atoms with E-state index in [9.17, 15) is 0 Å². The van der Waals surface area contributed by atoms with Crippen LogP contribution < -0.4 is 0 Å². The smallest absolute Gasteiger partial charge is 0.134 e. The predicted octanol–water partition coefficient (Wildman–Crippen LogP) is 5.14. The van der Waals surface area contributed by atoms with Gasteiger partial charge in [0, 0.05) is 35.5 Å². The van der Waals surface area contributed by atoms with E-state index in [1.54, 1.807) is 22.7 Å². The van der Waals surface area contributed by atoms with Gasteiger partial charge in [0.1, 0.15) is 5.01 Å². The molecule has 1 aliphatic rings. The monoisotopic (exact) mass is 344 g/mol. The number of thiazole rings is 1. The fourth-order valence-electron chi connectivity index (χ4n) is 3.24. The molecule has 0 amide bonds. The lowest BCUT2D eigenvalue weighted by atomic mass is 10.2. The topological polar surface area (TPSA) is 27.1 Å². The number of rotatable bonds is 4. The van der Waals surface area contributed by atoms with Crippen molar-refractivity contribution in [2.45, 2.75) is 39.3 Å². The standard InChI is InChI=1S/C18H20N2OS2/c1-12-9-15(13(2)20(12)10-14-5-3-7-21-14)16-11-23-18(19-16)17-6-4-8-22-17/h4,6,8-9,11,14H,3,5,7,10H2,1-2H3. The number of hydrogen-bond acceptors (Lipinski definition) is 4. The van der Waals surface area contributed by atoms with Crippen LogP contribution in [0.2, 0.25) is 0 Å². The summed E-state index contributed by atoms with van der Waals surface area (Å²) in [6.45, 7) is 6.24. The maximum Gasteiger partial charge on any atom is 0.134 e. The van der Waals surface area contributed by atoms with Crippen LogP contribution in [0.25, 0.3) is 21.1 Å². The van der Waals surface area contributed by atoms with Crippen molar-refractivity contribution in [1.82, 2.24) is 9.55 Å². The van der Waals surface area contributed by atoms with Crippen LogP contribution in [-0.2, 0) is 11.3 Å². The molecule has 1 fully saturated rings. The van der Waals surface area contributed by atoms with Crippen molar-refractivity contribution < 1.29 is 4.74 Å². The molecule has 23 heavy (non-hydrogen) atoms. The second-order valence-corrected chi connectivity index (χ2v) is 7.85. The van der Waals surface area contributed by atoms with Crippen LogP contribution in [0.1, 0.15) is 24.2 Å². The summed E-state index contributed by atoms with van der Waals surface area (Å²) in [5, 5.41) is 5.39. The summed E-state index contributed by atoms with van der Waals surface area (Å²) < 4.78 is 8.19. The lowest BCUT2D eigenvalue weighted by molar-refractivity contribution is 0.0962. The molecule has 1 atom stereocenters. The number of nitrogens with zero attached hydrogens (tertiary/aromatic N) is 2. The van der Waals surface area contributed by atoms with Crippen LogP contribution in [-0.4, -0.2) is 22.3 Å². The molecule has 3 nitrogen and oxygen atoms in total. The first-order valence-corrected chi connectivity index (χ1v) is 9.76. The zero-order chi connectivity index (χ0) is 15.8. The van der Waals surface area contributed by atoms with Gasteiger partial charge in [-0.15, -0.1) is 22.7 Å². The molecular weight excluding hydrogens is 324 g/mol. The Morgan fingerprint density at radius 3 is 3.00 bits per heavy atom. The fourth-order valence-corrected chi connectivity index (χ4v) is 4.88. The number of aryl methyl sites for hydroxylation is 1. The van der Waals surface area contributed by atoms with Crippen molar-refractivity contribution in [1.29, 1.82) is 0 Å². The molecule has 1 aliphatic heterocycles. The molecule has 120 valence electrons. The first-order chi connectivity index (χ1) is 11.2. The maximum atomic E-state index is 5.80. The predicted molar refractivity (Wildman–Crippen MR) is 97.3 cm³/mol. The van der Waals surface area contributed by atoms with E-state index in [-0.39, 0.29) is 0 Å². The number of hydrogen-bond donors (Lipinski definition) is 0. The quantitative estimate of drug-likeness (QED) is 0.655. The van der Waals surface area contributed by atoms with Gasteiger partial charge >= 0.3 is 0 Å². The first-order valence-electron chi connectivity index (χ1n) is 8.00. The molecule has 4 rings (SSSR count). The van der Waals surface area contributed by atoms with Crippen molar-refractivity contribution in [2.24, 2.45) is 0 Å². The molecule has 0 radical (unpaired) electrons. The molecule has 1 saturated heterocycles. The zero-order valence-corrected chi connectivity index (χ0v) is 15.0.